The fourth-order valence-corrected chi connectivity index (χ4v) is 2.73. The normalized spacial score (nSPS) is 20.6. The van der Waals surface area contributed by atoms with Crippen molar-refractivity contribution in [3.63, 3.8) is 0 Å². The second kappa shape index (κ2) is 6.87. The van der Waals surface area contributed by atoms with Gasteiger partial charge in [0.15, 0.2) is 5.82 Å². The third kappa shape index (κ3) is 3.92. The smallest absolute Gasteiger partial charge is 0.224 e. The van der Waals surface area contributed by atoms with E-state index in [4.69, 9.17) is 4.74 Å². The van der Waals surface area contributed by atoms with Crippen molar-refractivity contribution < 1.29 is 13.9 Å². The summed E-state index contributed by atoms with van der Waals surface area (Å²) in [6.45, 7) is 2.29. The van der Waals surface area contributed by atoms with Crippen molar-refractivity contribution in [2.45, 2.75) is 38.4 Å². The van der Waals surface area contributed by atoms with Gasteiger partial charge in [-0.1, -0.05) is 17.7 Å². The first kappa shape index (κ1) is 15.6. The van der Waals surface area contributed by atoms with Gasteiger partial charge in [0, 0.05) is 6.54 Å². The number of hydrogen-bond acceptors (Lipinski definition) is 4. The predicted molar refractivity (Wildman–Crippen MR) is 81.1 cm³/mol. The highest BCUT2D eigenvalue weighted by molar-refractivity contribution is 5.78. The number of carbonyl (C=O) groups is 1. The van der Waals surface area contributed by atoms with Crippen LogP contribution in [-0.4, -0.2) is 33.7 Å². The molecule has 0 saturated carbocycles. The predicted octanol–water partition coefficient (Wildman–Crippen LogP) is 1.83. The molecule has 2 N–H and O–H groups in total. The van der Waals surface area contributed by atoms with Crippen LogP contribution >= 0.6 is 0 Å². The highest BCUT2D eigenvalue weighted by Gasteiger charge is 2.28. The summed E-state index contributed by atoms with van der Waals surface area (Å²) in [7, 11) is 0. The van der Waals surface area contributed by atoms with Crippen LogP contribution in [0.3, 0.4) is 0 Å². The Hall–Kier alpha value is -2.28. The number of benzene rings is 1. The van der Waals surface area contributed by atoms with E-state index in [9.17, 15) is 9.18 Å². The van der Waals surface area contributed by atoms with Crippen molar-refractivity contribution in [2.24, 2.45) is 0 Å². The molecule has 3 rings (SSSR count). The lowest BCUT2D eigenvalue weighted by molar-refractivity contribution is -0.121. The summed E-state index contributed by atoms with van der Waals surface area (Å²) in [5.74, 6) is 0.148. The largest absolute Gasteiger partial charge is 0.365 e. The molecule has 0 bridgehead atoms. The number of H-pyrrole nitrogens is 1. The summed E-state index contributed by atoms with van der Waals surface area (Å²) >= 11 is 0. The van der Waals surface area contributed by atoms with Gasteiger partial charge in [0.1, 0.15) is 18.2 Å². The average Bonchev–Trinajstić information content (AvgIpc) is 3.19. The second-order valence-corrected chi connectivity index (χ2v) is 5.77. The molecule has 1 aromatic heterocycles. The van der Waals surface area contributed by atoms with Crippen LogP contribution in [0.1, 0.15) is 35.9 Å². The molecule has 2 heterocycles. The number of aromatic amines is 1. The Labute approximate surface area is 133 Å². The van der Waals surface area contributed by atoms with Crippen LogP contribution in [0.4, 0.5) is 4.39 Å². The molecule has 0 spiro atoms. The van der Waals surface area contributed by atoms with E-state index < -0.39 is 0 Å². The third-order valence-electron chi connectivity index (χ3n) is 3.93. The van der Waals surface area contributed by atoms with Gasteiger partial charge < -0.3 is 10.1 Å². The van der Waals surface area contributed by atoms with E-state index in [0.717, 1.165) is 18.4 Å². The number of rotatable bonds is 5. The van der Waals surface area contributed by atoms with Crippen LogP contribution in [0.5, 0.6) is 0 Å². The molecular weight excluding hydrogens is 299 g/mol. The van der Waals surface area contributed by atoms with Gasteiger partial charge in [-0.3, -0.25) is 9.89 Å². The maximum Gasteiger partial charge on any atom is 0.224 e. The van der Waals surface area contributed by atoms with Gasteiger partial charge in [-0.25, -0.2) is 9.37 Å². The standard InChI is InChI=1S/C16H19FN4O2/c1-10-2-4-13(17)11(6-10)7-15(22)18-8-12-3-5-14(23-12)16-19-9-20-21-16/h2,4,6,9,12,14H,3,5,7-8H2,1H3,(H,18,22)(H,19,20,21)/t12-,14+/m1/s1. The zero-order chi connectivity index (χ0) is 16.2. The van der Waals surface area contributed by atoms with Crippen LogP contribution in [-0.2, 0) is 16.0 Å². The fourth-order valence-electron chi connectivity index (χ4n) is 2.73. The van der Waals surface area contributed by atoms with Crippen LogP contribution < -0.4 is 5.32 Å². The molecule has 6 nitrogen and oxygen atoms in total. The number of amides is 1. The zero-order valence-electron chi connectivity index (χ0n) is 12.9. The summed E-state index contributed by atoms with van der Waals surface area (Å²) in [5.41, 5.74) is 1.35. The molecule has 122 valence electrons. The second-order valence-electron chi connectivity index (χ2n) is 5.77. The van der Waals surface area contributed by atoms with Crippen LogP contribution in [0.25, 0.3) is 0 Å². The van der Waals surface area contributed by atoms with Gasteiger partial charge in [0.05, 0.1) is 12.5 Å². The highest BCUT2D eigenvalue weighted by atomic mass is 19.1. The Kier molecular flexibility index (Phi) is 4.66. The first-order chi connectivity index (χ1) is 11.1. The van der Waals surface area contributed by atoms with Gasteiger partial charge in [-0.05, 0) is 31.4 Å². The average molecular weight is 318 g/mol. The van der Waals surface area contributed by atoms with E-state index >= 15 is 0 Å². The van der Waals surface area contributed by atoms with Gasteiger partial charge in [-0.15, -0.1) is 0 Å². The summed E-state index contributed by atoms with van der Waals surface area (Å²) < 4.78 is 19.5. The van der Waals surface area contributed by atoms with E-state index in [1.807, 2.05) is 6.92 Å². The molecule has 0 aliphatic carbocycles. The van der Waals surface area contributed by atoms with E-state index in [-0.39, 0.29) is 30.4 Å². The van der Waals surface area contributed by atoms with E-state index in [0.29, 0.717) is 17.9 Å². The van der Waals surface area contributed by atoms with Crippen molar-refractivity contribution in [3.05, 3.63) is 47.3 Å². The number of nitrogens with zero attached hydrogens (tertiary/aromatic N) is 2. The van der Waals surface area contributed by atoms with Gasteiger partial charge in [0.25, 0.3) is 0 Å². The Morgan fingerprint density at radius 2 is 2.35 bits per heavy atom. The maximum atomic E-state index is 13.7. The van der Waals surface area contributed by atoms with Crippen LogP contribution in [0.15, 0.2) is 24.5 Å². The number of ether oxygens (including phenoxy) is 1. The van der Waals surface area contributed by atoms with Crippen LogP contribution in [0.2, 0.25) is 0 Å². The monoisotopic (exact) mass is 318 g/mol. The molecular formula is C16H19FN4O2. The number of aromatic nitrogens is 3. The molecule has 0 unspecified atom stereocenters. The van der Waals surface area contributed by atoms with Gasteiger partial charge in [-0.2, -0.15) is 5.10 Å². The molecule has 1 saturated heterocycles. The molecule has 1 aromatic carbocycles. The minimum absolute atomic E-state index is 0.0335. The summed E-state index contributed by atoms with van der Waals surface area (Å²) in [6.07, 6.45) is 2.99. The molecule has 2 atom stereocenters. The topological polar surface area (TPSA) is 79.9 Å². The van der Waals surface area contributed by atoms with E-state index in [1.165, 1.54) is 12.4 Å². The lowest BCUT2D eigenvalue weighted by Crippen LogP contribution is -2.33. The minimum atomic E-state index is -0.353. The van der Waals surface area contributed by atoms with Crippen molar-refractivity contribution in [3.8, 4) is 0 Å². The molecule has 23 heavy (non-hydrogen) atoms. The number of carbonyl (C=O) groups excluding carboxylic acids is 1. The zero-order valence-corrected chi connectivity index (χ0v) is 12.9. The lowest BCUT2D eigenvalue weighted by Gasteiger charge is -2.13. The first-order valence-electron chi connectivity index (χ1n) is 7.64. The molecule has 7 heteroatoms. The summed E-state index contributed by atoms with van der Waals surface area (Å²) in [6, 6.07) is 4.77. The lowest BCUT2D eigenvalue weighted by atomic mass is 10.1. The Balaban J connectivity index is 1.47. The van der Waals surface area contributed by atoms with Crippen molar-refractivity contribution in [1.29, 1.82) is 0 Å². The first-order valence-corrected chi connectivity index (χ1v) is 7.64. The van der Waals surface area contributed by atoms with Crippen molar-refractivity contribution in [2.75, 3.05) is 6.54 Å². The number of aryl methyl sites for hydroxylation is 1. The summed E-state index contributed by atoms with van der Waals surface area (Å²) in [4.78, 5) is 16.1. The minimum Gasteiger partial charge on any atom is -0.365 e. The van der Waals surface area contributed by atoms with E-state index in [1.54, 1.807) is 12.1 Å². The molecule has 1 amide bonds. The fraction of sp³-hybridized carbons (Fsp3) is 0.438. The number of hydrogen-bond donors (Lipinski definition) is 2. The highest BCUT2D eigenvalue weighted by Crippen LogP contribution is 2.29. The van der Waals surface area contributed by atoms with Gasteiger partial charge >= 0.3 is 0 Å². The third-order valence-corrected chi connectivity index (χ3v) is 3.93. The Bertz CT molecular complexity index is 675. The molecule has 1 aliphatic rings. The quantitative estimate of drug-likeness (QED) is 0.881. The SMILES string of the molecule is Cc1ccc(F)c(CC(=O)NC[C@H]2CC[C@@H](c3ncn[nH]3)O2)c1. The molecule has 0 radical (unpaired) electrons. The molecule has 2 aromatic rings. The summed E-state index contributed by atoms with van der Waals surface area (Å²) in [5, 5.41) is 9.41. The Morgan fingerprint density at radius 3 is 3.13 bits per heavy atom. The number of halogens is 1. The van der Waals surface area contributed by atoms with Crippen LogP contribution in [0, 0.1) is 12.7 Å². The molecule has 1 aliphatic heterocycles. The van der Waals surface area contributed by atoms with E-state index in [2.05, 4.69) is 20.5 Å². The molecule has 1 fully saturated rings. The van der Waals surface area contributed by atoms with Crippen molar-refractivity contribution in [1.82, 2.24) is 20.5 Å². The maximum absolute atomic E-state index is 13.7. The Morgan fingerprint density at radius 1 is 1.48 bits per heavy atom. The van der Waals surface area contributed by atoms with Gasteiger partial charge in [0.2, 0.25) is 5.91 Å². The number of nitrogens with one attached hydrogen (secondary N) is 2. The van der Waals surface area contributed by atoms with Crippen molar-refractivity contribution >= 4 is 5.91 Å².